The molecule has 0 amide bonds. The van der Waals surface area contributed by atoms with Gasteiger partial charge in [-0.05, 0) is 47.7 Å². The summed E-state index contributed by atoms with van der Waals surface area (Å²) in [6.07, 6.45) is 1.61. The lowest BCUT2D eigenvalue weighted by Gasteiger charge is -2.24. The van der Waals surface area contributed by atoms with E-state index in [0.717, 1.165) is 39.1 Å². The van der Waals surface area contributed by atoms with Crippen molar-refractivity contribution in [3.05, 3.63) is 77.0 Å². The Kier molecular flexibility index (Phi) is 2.05. The van der Waals surface area contributed by atoms with E-state index in [-0.39, 0.29) is 5.56 Å². The van der Waals surface area contributed by atoms with Crippen molar-refractivity contribution < 1.29 is 12.8 Å². The molecular formula is C23H24N+. The number of fused-ring (bicyclic) bond motifs is 3. The lowest BCUT2D eigenvalue weighted by Crippen LogP contribution is -2.32. The van der Waals surface area contributed by atoms with E-state index in [1.807, 2.05) is 43.3 Å². The molecule has 24 heavy (non-hydrogen) atoms. The normalized spacial score (nSPS) is 23.1. The predicted molar refractivity (Wildman–Crippen MR) is 100 cm³/mol. The number of hydrogen-bond donors (Lipinski definition) is 0. The van der Waals surface area contributed by atoms with E-state index in [4.69, 9.17) is 8.22 Å². The fraction of sp³-hybridized carbons (Fsp3) is 0.261. The highest BCUT2D eigenvalue weighted by Gasteiger charge is 2.39. The number of nitrogens with zero attached hydrogens (tertiary/aromatic N) is 1. The van der Waals surface area contributed by atoms with Crippen LogP contribution in [-0.4, -0.2) is 0 Å². The van der Waals surface area contributed by atoms with Gasteiger partial charge in [0.15, 0.2) is 6.20 Å². The zero-order valence-electron chi connectivity index (χ0n) is 20.1. The Morgan fingerprint density at radius 3 is 2.58 bits per heavy atom. The molecule has 1 atom stereocenters. The fourth-order valence-electron chi connectivity index (χ4n) is 3.94. The van der Waals surface area contributed by atoms with Crippen LogP contribution in [0, 0.1) is 13.8 Å². The summed E-state index contributed by atoms with van der Waals surface area (Å²) >= 11 is 0. The smallest absolute Gasteiger partial charge is 0.201 e. The quantitative estimate of drug-likeness (QED) is 0.549. The standard InChI is InChI=1S/C23H24N/c1-15-10-13-20(24(5)14-15)21-16(2)11-12-18-17-8-6-7-9-19(17)23(3,4)22(18)21/h6-14H,1-5H3/q+1/i1D3,3D3. The third kappa shape index (κ3) is 1.97. The lowest BCUT2D eigenvalue weighted by atomic mass is 9.78. The van der Waals surface area contributed by atoms with Crippen molar-refractivity contribution in [2.75, 3.05) is 0 Å². The second-order valence-electron chi connectivity index (χ2n) is 6.76. The minimum absolute atomic E-state index is 0.251. The number of hydrogen-bond acceptors (Lipinski definition) is 0. The van der Waals surface area contributed by atoms with Crippen molar-refractivity contribution in [1.82, 2.24) is 0 Å². The van der Waals surface area contributed by atoms with Crippen molar-refractivity contribution >= 4 is 0 Å². The minimum atomic E-state index is -2.26. The van der Waals surface area contributed by atoms with Gasteiger partial charge >= 0.3 is 0 Å². The molecule has 1 unspecified atom stereocenters. The summed E-state index contributed by atoms with van der Waals surface area (Å²) in [5.41, 5.74) is 5.11. The molecule has 4 rings (SSSR count). The summed E-state index contributed by atoms with van der Waals surface area (Å²) < 4.78 is 50.2. The van der Waals surface area contributed by atoms with Gasteiger partial charge in [0.2, 0.25) is 5.69 Å². The Morgan fingerprint density at radius 1 is 1.00 bits per heavy atom. The van der Waals surface area contributed by atoms with Crippen molar-refractivity contribution in [2.45, 2.75) is 33.0 Å². The fourth-order valence-corrected chi connectivity index (χ4v) is 3.94. The van der Waals surface area contributed by atoms with E-state index in [2.05, 4.69) is 0 Å². The van der Waals surface area contributed by atoms with Crippen LogP contribution in [0.4, 0.5) is 0 Å². The molecule has 1 nitrogen and oxygen atoms in total. The van der Waals surface area contributed by atoms with Crippen LogP contribution in [0.5, 0.6) is 0 Å². The molecule has 0 saturated heterocycles. The maximum Gasteiger partial charge on any atom is 0.212 e. The molecular weight excluding hydrogens is 290 g/mol. The van der Waals surface area contributed by atoms with Crippen LogP contribution in [0.3, 0.4) is 0 Å². The summed E-state index contributed by atoms with van der Waals surface area (Å²) in [4.78, 5) is 0. The molecule has 0 aliphatic heterocycles. The van der Waals surface area contributed by atoms with E-state index in [9.17, 15) is 0 Å². The van der Waals surface area contributed by atoms with Crippen LogP contribution in [0.15, 0.2) is 54.7 Å². The average Bonchev–Trinajstić information content (AvgIpc) is 2.92. The van der Waals surface area contributed by atoms with Gasteiger partial charge < -0.3 is 0 Å². The second kappa shape index (κ2) is 5.04. The molecule has 3 aromatic rings. The van der Waals surface area contributed by atoms with Gasteiger partial charge in [-0.15, -0.1) is 0 Å². The van der Waals surface area contributed by atoms with Crippen LogP contribution in [-0.2, 0) is 12.5 Å². The zero-order chi connectivity index (χ0) is 22.1. The molecule has 0 radical (unpaired) electrons. The van der Waals surface area contributed by atoms with E-state index in [1.165, 1.54) is 0 Å². The van der Waals surface area contributed by atoms with E-state index >= 15 is 0 Å². The summed E-state index contributed by atoms with van der Waals surface area (Å²) in [5.74, 6) is 0. The molecule has 2 aromatic carbocycles. The van der Waals surface area contributed by atoms with Crippen LogP contribution in [0.25, 0.3) is 22.4 Å². The molecule has 1 heterocycles. The number of pyridine rings is 1. The Balaban J connectivity index is 2.08. The van der Waals surface area contributed by atoms with Crippen molar-refractivity contribution in [3.63, 3.8) is 0 Å². The molecule has 1 aromatic heterocycles. The second-order valence-corrected chi connectivity index (χ2v) is 6.76. The minimum Gasteiger partial charge on any atom is -0.201 e. The number of benzene rings is 2. The third-order valence-electron chi connectivity index (χ3n) is 5.06. The highest BCUT2D eigenvalue weighted by atomic mass is 14.9. The highest BCUT2D eigenvalue weighted by molar-refractivity contribution is 5.88. The van der Waals surface area contributed by atoms with Crippen LogP contribution < -0.4 is 4.57 Å². The van der Waals surface area contributed by atoms with Gasteiger partial charge in [-0.25, -0.2) is 4.57 Å². The maximum absolute atomic E-state index is 8.44. The molecule has 120 valence electrons. The van der Waals surface area contributed by atoms with Gasteiger partial charge in [-0.1, -0.05) is 50.2 Å². The van der Waals surface area contributed by atoms with Gasteiger partial charge in [0.1, 0.15) is 7.05 Å². The maximum atomic E-state index is 8.44. The SMILES string of the molecule is [2H]C([2H])([2H])c1ccc(-c2c(C)ccc3c2C(C)(C([2H])([2H])[2H])c2ccccc2-3)[n+](C)c1. The molecule has 1 aliphatic carbocycles. The van der Waals surface area contributed by atoms with Gasteiger partial charge in [0.05, 0.1) is 5.56 Å². The molecule has 0 spiro atoms. The zero-order valence-corrected chi connectivity index (χ0v) is 14.1. The topological polar surface area (TPSA) is 3.88 Å². The number of rotatable bonds is 1. The van der Waals surface area contributed by atoms with Crippen LogP contribution >= 0.6 is 0 Å². The van der Waals surface area contributed by atoms with E-state index in [0.29, 0.717) is 0 Å². The lowest BCUT2D eigenvalue weighted by molar-refractivity contribution is -0.660. The molecule has 0 saturated carbocycles. The predicted octanol–water partition coefficient (Wildman–Crippen LogP) is 5.10. The summed E-state index contributed by atoms with van der Waals surface area (Å²) in [7, 11) is 1.80. The monoisotopic (exact) mass is 320 g/mol. The average molecular weight is 320 g/mol. The van der Waals surface area contributed by atoms with Gasteiger partial charge in [0.25, 0.3) is 0 Å². The molecule has 0 N–H and O–H groups in total. The molecule has 1 aliphatic rings. The Morgan fingerprint density at radius 2 is 1.83 bits per heavy atom. The van der Waals surface area contributed by atoms with Gasteiger partial charge in [-0.3, -0.25) is 0 Å². The number of aryl methyl sites for hydroxylation is 3. The first-order chi connectivity index (χ1) is 13.9. The molecule has 0 fully saturated rings. The van der Waals surface area contributed by atoms with Gasteiger partial charge in [0, 0.05) is 25.3 Å². The summed E-state index contributed by atoms with van der Waals surface area (Å²) in [6.45, 7) is -0.692. The first-order valence-electron chi connectivity index (χ1n) is 11.1. The Bertz CT molecular complexity index is 1160. The van der Waals surface area contributed by atoms with Crippen molar-refractivity contribution in [1.29, 1.82) is 0 Å². The first-order valence-corrected chi connectivity index (χ1v) is 8.12. The van der Waals surface area contributed by atoms with E-state index in [1.54, 1.807) is 36.9 Å². The Hall–Kier alpha value is -2.41. The third-order valence-corrected chi connectivity index (χ3v) is 5.06. The Labute approximate surface area is 153 Å². The summed E-state index contributed by atoms with van der Waals surface area (Å²) in [6, 6.07) is 15.1. The van der Waals surface area contributed by atoms with Crippen LogP contribution in [0.1, 0.15) is 44.3 Å². The van der Waals surface area contributed by atoms with Crippen molar-refractivity contribution in [3.8, 4) is 22.4 Å². The van der Waals surface area contributed by atoms with Crippen LogP contribution in [0.2, 0.25) is 0 Å². The first kappa shape index (κ1) is 9.78. The molecule has 0 bridgehead atoms. The summed E-state index contributed by atoms with van der Waals surface area (Å²) in [5, 5.41) is 0. The molecule has 1 heteroatoms. The highest BCUT2D eigenvalue weighted by Crippen LogP contribution is 2.52. The van der Waals surface area contributed by atoms with Crippen molar-refractivity contribution in [2.24, 2.45) is 7.05 Å². The largest absolute Gasteiger partial charge is 0.212 e. The van der Waals surface area contributed by atoms with Gasteiger partial charge in [-0.2, -0.15) is 0 Å². The van der Waals surface area contributed by atoms with E-state index < -0.39 is 19.1 Å². The number of aromatic nitrogens is 1.